The van der Waals surface area contributed by atoms with Gasteiger partial charge in [-0.2, -0.15) is 5.10 Å². The van der Waals surface area contributed by atoms with E-state index in [0.29, 0.717) is 5.82 Å². The summed E-state index contributed by atoms with van der Waals surface area (Å²) in [6.45, 7) is 5.90. The van der Waals surface area contributed by atoms with Crippen LogP contribution in [0.25, 0.3) is 0 Å². The average Bonchev–Trinajstić information content (AvgIpc) is 2.65. The second-order valence-corrected chi connectivity index (χ2v) is 4.40. The summed E-state index contributed by atoms with van der Waals surface area (Å²) < 4.78 is 0. The van der Waals surface area contributed by atoms with Crippen LogP contribution in [0.2, 0.25) is 0 Å². The van der Waals surface area contributed by atoms with E-state index in [2.05, 4.69) is 22.0 Å². The molecule has 0 radical (unpaired) electrons. The number of piperidine rings is 1. The van der Waals surface area contributed by atoms with Gasteiger partial charge in [-0.3, -0.25) is 5.10 Å². The van der Waals surface area contributed by atoms with Crippen LogP contribution in [0.3, 0.4) is 0 Å². The standard InChI is InChI=1S/C11H20N4/c1-2-15-5-3-9(4-6-15)7-10-8-11(12)14-13-10/h8-9H,2-7H2,1H3,(H3,12,13,14). The number of aromatic amines is 1. The summed E-state index contributed by atoms with van der Waals surface area (Å²) in [6.07, 6.45) is 3.70. The van der Waals surface area contributed by atoms with Crippen molar-refractivity contribution in [2.45, 2.75) is 26.2 Å². The van der Waals surface area contributed by atoms with Gasteiger partial charge in [0.05, 0.1) is 0 Å². The molecule has 0 bridgehead atoms. The van der Waals surface area contributed by atoms with E-state index >= 15 is 0 Å². The molecule has 15 heavy (non-hydrogen) atoms. The Hall–Kier alpha value is -1.03. The van der Waals surface area contributed by atoms with Crippen molar-refractivity contribution < 1.29 is 0 Å². The third kappa shape index (κ3) is 2.72. The van der Waals surface area contributed by atoms with Crippen LogP contribution < -0.4 is 5.73 Å². The number of H-pyrrole nitrogens is 1. The van der Waals surface area contributed by atoms with Gasteiger partial charge in [-0.1, -0.05) is 6.92 Å². The SMILES string of the molecule is CCN1CCC(Cc2cc(N)n[nH]2)CC1. The molecule has 0 spiro atoms. The molecule has 4 nitrogen and oxygen atoms in total. The second kappa shape index (κ2) is 4.66. The number of nitrogens with zero attached hydrogens (tertiary/aromatic N) is 2. The third-order valence-corrected chi connectivity index (χ3v) is 3.31. The van der Waals surface area contributed by atoms with Crippen molar-refractivity contribution >= 4 is 5.82 Å². The molecular formula is C11H20N4. The summed E-state index contributed by atoms with van der Waals surface area (Å²) in [4.78, 5) is 2.51. The molecule has 0 aromatic carbocycles. The molecule has 0 aliphatic carbocycles. The zero-order chi connectivity index (χ0) is 10.7. The number of aromatic nitrogens is 2. The molecular weight excluding hydrogens is 188 g/mol. The Labute approximate surface area is 90.8 Å². The lowest BCUT2D eigenvalue weighted by Gasteiger charge is -2.30. The van der Waals surface area contributed by atoms with Crippen LogP contribution >= 0.6 is 0 Å². The van der Waals surface area contributed by atoms with Crippen LogP contribution in [-0.4, -0.2) is 34.7 Å². The average molecular weight is 208 g/mol. The van der Waals surface area contributed by atoms with Gasteiger partial charge in [-0.15, -0.1) is 0 Å². The van der Waals surface area contributed by atoms with Crippen LogP contribution in [0.4, 0.5) is 5.82 Å². The fraction of sp³-hybridized carbons (Fsp3) is 0.727. The second-order valence-electron chi connectivity index (χ2n) is 4.40. The van der Waals surface area contributed by atoms with Gasteiger partial charge in [-0.05, 0) is 44.8 Å². The minimum absolute atomic E-state index is 0.607. The van der Waals surface area contributed by atoms with E-state index in [1.165, 1.54) is 38.2 Å². The zero-order valence-electron chi connectivity index (χ0n) is 9.37. The summed E-state index contributed by atoms with van der Waals surface area (Å²) in [5.41, 5.74) is 6.76. The topological polar surface area (TPSA) is 57.9 Å². The highest BCUT2D eigenvalue weighted by molar-refractivity contribution is 5.28. The van der Waals surface area contributed by atoms with E-state index in [0.717, 1.165) is 12.3 Å². The van der Waals surface area contributed by atoms with Crippen LogP contribution in [0.1, 0.15) is 25.5 Å². The lowest BCUT2D eigenvalue weighted by molar-refractivity contribution is 0.191. The monoisotopic (exact) mass is 208 g/mol. The van der Waals surface area contributed by atoms with Gasteiger partial charge in [0.2, 0.25) is 0 Å². The molecule has 1 aromatic rings. The Morgan fingerprint density at radius 2 is 2.27 bits per heavy atom. The molecule has 0 saturated carbocycles. The summed E-state index contributed by atoms with van der Waals surface area (Å²) >= 11 is 0. The van der Waals surface area contributed by atoms with Gasteiger partial charge >= 0.3 is 0 Å². The first kappa shape index (κ1) is 10.5. The molecule has 4 heteroatoms. The van der Waals surface area contributed by atoms with Crippen LogP contribution in [0, 0.1) is 5.92 Å². The quantitative estimate of drug-likeness (QED) is 0.786. The van der Waals surface area contributed by atoms with Gasteiger partial charge in [0.25, 0.3) is 0 Å². The summed E-state index contributed by atoms with van der Waals surface area (Å²) in [7, 11) is 0. The number of nitrogens with one attached hydrogen (secondary N) is 1. The van der Waals surface area contributed by atoms with Crippen molar-refractivity contribution in [3.8, 4) is 0 Å². The minimum Gasteiger partial charge on any atom is -0.382 e. The minimum atomic E-state index is 0.607. The molecule has 2 heterocycles. The first-order valence-electron chi connectivity index (χ1n) is 5.80. The first-order valence-corrected chi connectivity index (χ1v) is 5.80. The molecule has 3 N–H and O–H groups in total. The molecule has 0 unspecified atom stereocenters. The number of rotatable bonds is 3. The maximum Gasteiger partial charge on any atom is 0.145 e. The molecule has 1 aromatic heterocycles. The maximum absolute atomic E-state index is 5.58. The Morgan fingerprint density at radius 1 is 1.53 bits per heavy atom. The van der Waals surface area contributed by atoms with Gasteiger partial charge in [0.15, 0.2) is 0 Å². The molecule has 1 saturated heterocycles. The van der Waals surface area contributed by atoms with Crippen molar-refractivity contribution in [2.75, 3.05) is 25.4 Å². The van der Waals surface area contributed by atoms with Crippen molar-refractivity contribution in [1.29, 1.82) is 0 Å². The molecule has 1 fully saturated rings. The van der Waals surface area contributed by atoms with Gasteiger partial charge in [-0.25, -0.2) is 0 Å². The van der Waals surface area contributed by atoms with E-state index in [1.54, 1.807) is 0 Å². The maximum atomic E-state index is 5.58. The molecule has 0 amide bonds. The molecule has 84 valence electrons. The van der Waals surface area contributed by atoms with Crippen molar-refractivity contribution in [2.24, 2.45) is 5.92 Å². The number of nitrogen functional groups attached to an aromatic ring is 1. The Balaban J connectivity index is 1.82. The highest BCUT2D eigenvalue weighted by atomic mass is 15.2. The van der Waals surface area contributed by atoms with Gasteiger partial charge < -0.3 is 10.6 Å². The summed E-state index contributed by atoms with van der Waals surface area (Å²) in [6, 6.07) is 1.95. The number of nitrogens with two attached hydrogens (primary N) is 1. The van der Waals surface area contributed by atoms with Crippen LogP contribution in [0.5, 0.6) is 0 Å². The Kier molecular flexibility index (Phi) is 3.26. The number of hydrogen-bond donors (Lipinski definition) is 2. The van der Waals surface area contributed by atoms with Gasteiger partial charge in [0.1, 0.15) is 5.82 Å². The predicted molar refractivity (Wildman–Crippen MR) is 61.5 cm³/mol. The van der Waals surface area contributed by atoms with Crippen LogP contribution in [-0.2, 0) is 6.42 Å². The Morgan fingerprint density at radius 3 is 2.80 bits per heavy atom. The number of hydrogen-bond acceptors (Lipinski definition) is 3. The summed E-state index contributed by atoms with van der Waals surface area (Å²) in [5.74, 6) is 1.41. The summed E-state index contributed by atoms with van der Waals surface area (Å²) in [5, 5.41) is 6.94. The largest absolute Gasteiger partial charge is 0.382 e. The highest BCUT2D eigenvalue weighted by Gasteiger charge is 2.18. The molecule has 0 atom stereocenters. The van der Waals surface area contributed by atoms with E-state index in [4.69, 9.17) is 5.73 Å². The number of anilines is 1. The van der Waals surface area contributed by atoms with E-state index in [-0.39, 0.29) is 0 Å². The molecule has 1 aliphatic rings. The van der Waals surface area contributed by atoms with Crippen molar-refractivity contribution in [3.63, 3.8) is 0 Å². The lowest BCUT2D eigenvalue weighted by Crippen LogP contribution is -2.34. The Bertz CT molecular complexity index is 299. The zero-order valence-corrected chi connectivity index (χ0v) is 9.37. The smallest absolute Gasteiger partial charge is 0.145 e. The lowest BCUT2D eigenvalue weighted by atomic mass is 9.92. The normalized spacial score (nSPS) is 19.5. The fourth-order valence-electron chi connectivity index (χ4n) is 2.30. The highest BCUT2D eigenvalue weighted by Crippen LogP contribution is 2.21. The van der Waals surface area contributed by atoms with Crippen molar-refractivity contribution in [3.05, 3.63) is 11.8 Å². The molecule has 1 aliphatic heterocycles. The fourth-order valence-corrected chi connectivity index (χ4v) is 2.30. The predicted octanol–water partition coefficient (Wildman–Crippen LogP) is 1.27. The van der Waals surface area contributed by atoms with E-state index in [1.807, 2.05) is 6.07 Å². The first-order chi connectivity index (χ1) is 7.28. The van der Waals surface area contributed by atoms with Crippen LogP contribution in [0.15, 0.2) is 6.07 Å². The van der Waals surface area contributed by atoms with E-state index < -0.39 is 0 Å². The van der Waals surface area contributed by atoms with Crippen molar-refractivity contribution in [1.82, 2.24) is 15.1 Å². The van der Waals surface area contributed by atoms with E-state index in [9.17, 15) is 0 Å². The molecule has 2 rings (SSSR count). The third-order valence-electron chi connectivity index (χ3n) is 3.31. The number of likely N-dealkylation sites (tertiary alicyclic amines) is 1. The van der Waals surface area contributed by atoms with Gasteiger partial charge in [0, 0.05) is 11.8 Å².